The maximum Gasteiger partial charge on any atom is 0.320 e. The molecule has 0 spiro atoms. The topological polar surface area (TPSA) is 126 Å². The molecule has 30 heavy (non-hydrogen) atoms. The maximum atomic E-state index is 12.2. The summed E-state index contributed by atoms with van der Waals surface area (Å²) in [5.41, 5.74) is 8.61. The minimum Gasteiger partial charge on any atom is -0.481 e. The van der Waals surface area contributed by atoms with Gasteiger partial charge in [-0.25, -0.2) is 14.8 Å². The van der Waals surface area contributed by atoms with Crippen LogP contribution >= 0.6 is 24.0 Å². The number of carbonyl (C=O) groups is 1. The normalized spacial score (nSPS) is 11.0. The van der Waals surface area contributed by atoms with Crippen molar-refractivity contribution in [2.75, 3.05) is 18.2 Å². The Balaban J connectivity index is 0. The number of hydrogen-bond acceptors (Lipinski definition) is 6. The van der Waals surface area contributed by atoms with Crippen molar-refractivity contribution < 1.29 is 13.8 Å². The molecule has 0 aliphatic carbocycles. The number of methoxy groups -OCH3 is 1. The largest absolute Gasteiger partial charge is 0.481 e. The monoisotopic (exact) mass is 524 g/mol. The van der Waals surface area contributed by atoms with Crippen molar-refractivity contribution in [3.05, 3.63) is 77.6 Å². The second-order valence-corrected chi connectivity index (χ2v) is 6.35. The van der Waals surface area contributed by atoms with E-state index in [2.05, 4.69) is 20.6 Å². The number of ether oxygens (including phenoxy) is 1. The Morgan fingerprint density at radius 2 is 1.90 bits per heavy atom. The Kier molecular flexibility index (Phi) is 8.10. The molecule has 0 radical (unpaired) electrons. The molecule has 2 heterocycles. The average molecular weight is 524 g/mol. The highest BCUT2D eigenvalue weighted by molar-refractivity contribution is 14.0. The number of amides is 2. The zero-order valence-corrected chi connectivity index (χ0v) is 18.9. The number of nitrogens with zero attached hydrogens (tertiary/aromatic N) is 2. The number of benzene rings is 1. The smallest absolute Gasteiger partial charge is 0.320 e. The van der Waals surface area contributed by atoms with Crippen LogP contribution in [0.2, 0.25) is 0 Å². The van der Waals surface area contributed by atoms with E-state index >= 15 is 0 Å². The zero-order valence-electron chi connectivity index (χ0n) is 16.5. The van der Waals surface area contributed by atoms with Gasteiger partial charge in [0.05, 0.1) is 18.9 Å². The molecule has 0 saturated heterocycles. The second-order valence-electron chi connectivity index (χ2n) is 6.35. The number of rotatable bonds is 6. The molecule has 2 aromatic heterocycles. The van der Waals surface area contributed by atoms with E-state index in [1.54, 1.807) is 12.1 Å². The predicted octanol–water partition coefficient (Wildman–Crippen LogP) is 4.72. The molecule has 2 amide bonds. The molecule has 0 aliphatic rings. The lowest BCUT2D eigenvalue weighted by molar-refractivity contribution is 0.249. The molecule has 0 fully saturated rings. The van der Waals surface area contributed by atoms with E-state index in [9.17, 15) is 4.79 Å². The first-order chi connectivity index (χ1) is 14.0. The number of hydrogen-bond donors (Lipinski definition) is 4. The van der Waals surface area contributed by atoms with E-state index in [1.165, 1.54) is 25.6 Å². The molecule has 9 heteroatoms. The summed E-state index contributed by atoms with van der Waals surface area (Å²) >= 11 is 0. The van der Waals surface area contributed by atoms with E-state index in [1.807, 2.05) is 37.3 Å². The number of nitrogens with one attached hydrogen (secondary N) is 3. The van der Waals surface area contributed by atoms with Crippen LogP contribution < -0.4 is 21.1 Å². The van der Waals surface area contributed by atoms with Crippen LogP contribution in [0.15, 0.2) is 60.9 Å². The van der Waals surface area contributed by atoms with E-state index in [4.69, 9.17) is 15.9 Å². The minimum atomic E-state index is -0.393. The third-order valence-corrected chi connectivity index (χ3v) is 4.33. The van der Waals surface area contributed by atoms with Crippen molar-refractivity contribution in [1.82, 2.24) is 15.3 Å². The van der Waals surface area contributed by atoms with Crippen molar-refractivity contribution in [3.63, 3.8) is 0 Å². The Labute approximate surface area is 196 Å². The fraction of sp³-hybridized carbons (Fsp3) is 0.143. The van der Waals surface area contributed by atoms with Gasteiger partial charge in [-0.15, -0.1) is 24.0 Å². The quantitative estimate of drug-likeness (QED) is 0.274. The van der Waals surface area contributed by atoms with Gasteiger partial charge >= 0.3 is 6.03 Å². The molecule has 0 saturated carbocycles. The molecule has 3 aromatic rings. The van der Waals surface area contributed by atoms with E-state index < -0.39 is 6.03 Å². The van der Waals surface area contributed by atoms with Crippen LogP contribution in [0.4, 0.5) is 16.3 Å². The molecular formula is C21H29IN6O2. The summed E-state index contributed by atoms with van der Waals surface area (Å²) in [5, 5.41) is 13.8. The second kappa shape index (κ2) is 10.5. The van der Waals surface area contributed by atoms with Gasteiger partial charge in [0.1, 0.15) is 5.82 Å². The van der Waals surface area contributed by atoms with Crippen LogP contribution in [0, 0.1) is 5.41 Å². The highest BCUT2D eigenvalue weighted by Crippen LogP contribution is 2.20. The molecule has 0 bridgehead atoms. The SMILES string of the molecule is COc1ccc(C(=N)c2cnc(NC(=O)N[C@H](C)c3ccccc3)cc2N)cn1.I.[HH].[HH].[HH]. The summed E-state index contributed by atoms with van der Waals surface area (Å²) in [6.45, 7) is 1.89. The molecule has 0 unspecified atom stereocenters. The van der Waals surface area contributed by atoms with Crippen molar-refractivity contribution >= 4 is 47.2 Å². The summed E-state index contributed by atoms with van der Waals surface area (Å²) in [5.74, 6) is 0.757. The summed E-state index contributed by atoms with van der Waals surface area (Å²) < 4.78 is 5.02. The van der Waals surface area contributed by atoms with Crippen molar-refractivity contribution in [3.8, 4) is 5.88 Å². The van der Waals surface area contributed by atoms with Gasteiger partial charge in [0.25, 0.3) is 0 Å². The zero-order chi connectivity index (χ0) is 20.8. The number of carbonyl (C=O) groups excluding carboxylic acids is 1. The fourth-order valence-electron chi connectivity index (χ4n) is 2.73. The fourth-order valence-corrected chi connectivity index (χ4v) is 2.73. The highest BCUT2D eigenvalue weighted by Gasteiger charge is 2.13. The number of nitrogen functional groups attached to an aromatic ring is 1. The van der Waals surface area contributed by atoms with Crippen LogP contribution in [0.3, 0.4) is 0 Å². The van der Waals surface area contributed by atoms with Gasteiger partial charge in [-0.1, -0.05) is 30.3 Å². The molecule has 3 rings (SSSR count). The van der Waals surface area contributed by atoms with Crippen molar-refractivity contribution in [2.24, 2.45) is 0 Å². The van der Waals surface area contributed by atoms with Gasteiger partial charge in [-0.2, -0.15) is 0 Å². The van der Waals surface area contributed by atoms with Gasteiger partial charge in [-0.3, -0.25) is 10.7 Å². The number of halogens is 1. The maximum absolute atomic E-state index is 12.2. The molecule has 0 aliphatic heterocycles. The van der Waals surface area contributed by atoms with Crippen molar-refractivity contribution in [2.45, 2.75) is 13.0 Å². The Bertz CT molecular complexity index is 1030. The number of pyridine rings is 2. The lowest BCUT2D eigenvalue weighted by Crippen LogP contribution is -2.31. The first-order valence-electron chi connectivity index (χ1n) is 8.95. The minimum absolute atomic E-state index is 0. The summed E-state index contributed by atoms with van der Waals surface area (Å²) in [6.07, 6.45) is 2.99. The summed E-state index contributed by atoms with van der Waals surface area (Å²) in [6, 6.07) is 14.0. The predicted molar refractivity (Wildman–Crippen MR) is 134 cm³/mol. The first kappa shape index (κ1) is 23.1. The summed E-state index contributed by atoms with van der Waals surface area (Å²) in [4.78, 5) is 20.5. The number of anilines is 2. The molecular weight excluding hydrogens is 495 g/mol. The molecule has 1 aromatic carbocycles. The van der Waals surface area contributed by atoms with E-state index in [-0.39, 0.29) is 40.0 Å². The number of aromatic nitrogens is 2. The third kappa shape index (κ3) is 5.66. The Morgan fingerprint density at radius 3 is 2.50 bits per heavy atom. The van der Waals surface area contributed by atoms with Crippen LogP contribution in [-0.4, -0.2) is 28.8 Å². The molecule has 162 valence electrons. The standard InChI is InChI=1S/C21H22N6O2.HI.3H2/c1-13(14-6-4-3-5-7-14)26-21(28)27-18-10-17(22)16(12-24-18)20(23)15-8-9-19(29-2)25-11-15;;;;/h3-13,23H,1-2H3,(H4,22,24,26,27,28);4*1H/t13-;;;;/m1..../s1. The van der Waals surface area contributed by atoms with E-state index in [0.717, 1.165) is 5.56 Å². The van der Waals surface area contributed by atoms with Gasteiger partial charge in [0, 0.05) is 45.6 Å². The number of nitrogens with two attached hydrogens (primary N) is 1. The Morgan fingerprint density at radius 1 is 1.17 bits per heavy atom. The van der Waals surface area contributed by atoms with Gasteiger partial charge in [0.2, 0.25) is 5.88 Å². The van der Waals surface area contributed by atoms with E-state index in [0.29, 0.717) is 28.5 Å². The van der Waals surface area contributed by atoms with Gasteiger partial charge in [-0.05, 0) is 18.6 Å². The summed E-state index contributed by atoms with van der Waals surface area (Å²) in [7, 11) is 1.53. The first-order valence-corrected chi connectivity index (χ1v) is 8.95. The lowest BCUT2D eigenvalue weighted by atomic mass is 10.0. The van der Waals surface area contributed by atoms with Crippen molar-refractivity contribution in [1.29, 1.82) is 5.41 Å². The van der Waals surface area contributed by atoms with Gasteiger partial charge < -0.3 is 15.8 Å². The lowest BCUT2D eigenvalue weighted by Gasteiger charge is -2.15. The number of urea groups is 1. The van der Waals surface area contributed by atoms with Crippen LogP contribution in [0.1, 0.15) is 33.9 Å². The molecule has 8 nitrogen and oxygen atoms in total. The molecule has 1 atom stereocenters. The molecule has 5 N–H and O–H groups in total. The Hall–Kier alpha value is -3.21. The van der Waals surface area contributed by atoms with Crippen LogP contribution in [-0.2, 0) is 0 Å². The van der Waals surface area contributed by atoms with Gasteiger partial charge in [0.15, 0.2) is 0 Å². The average Bonchev–Trinajstić information content (AvgIpc) is 2.74. The van der Waals surface area contributed by atoms with Crippen LogP contribution in [0.5, 0.6) is 5.88 Å². The third-order valence-electron chi connectivity index (χ3n) is 4.33. The van der Waals surface area contributed by atoms with Crippen LogP contribution in [0.25, 0.3) is 0 Å². The highest BCUT2D eigenvalue weighted by atomic mass is 127.